The number of hydrogen-bond acceptors (Lipinski definition) is 5. The highest BCUT2D eigenvalue weighted by molar-refractivity contribution is 8.00. The van der Waals surface area contributed by atoms with Crippen molar-refractivity contribution < 1.29 is 9.18 Å². The van der Waals surface area contributed by atoms with E-state index < -0.39 is 5.25 Å². The molecule has 2 aromatic heterocycles. The fourth-order valence-electron chi connectivity index (χ4n) is 3.57. The maximum atomic E-state index is 13.6. The van der Waals surface area contributed by atoms with E-state index in [4.69, 9.17) is 4.98 Å². The topological polar surface area (TPSA) is 76.9 Å². The molecule has 2 aromatic carbocycles. The number of rotatable bonds is 7. The van der Waals surface area contributed by atoms with Crippen molar-refractivity contribution in [2.75, 3.05) is 0 Å². The third-order valence-electron chi connectivity index (χ3n) is 5.45. The van der Waals surface area contributed by atoms with Gasteiger partial charge in [0, 0.05) is 18.4 Å². The zero-order valence-electron chi connectivity index (χ0n) is 17.6. The first kappa shape index (κ1) is 21.3. The van der Waals surface area contributed by atoms with Gasteiger partial charge in [0.05, 0.1) is 17.4 Å². The average Bonchev–Trinajstić information content (AvgIpc) is 3.65. The van der Waals surface area contributed by atoms with Gasteiger partial charge in [0.2, 0.25) is 5.91 Å². The van der Waals surface area contributed by atoms with Crippen LogP contribution in [0.5, 0.6) is 0 Å². The standard InChI is InChI=1S/C25H21FN4O2S/c26-18-9-7-17(8-10-18)22(23(31)28-19-11-12-19)33-25-29-21-6-2-1-5-20(21)24(32)30(25)15-16-4-3-13-27-14-16/h1-10,13-14,19,22H,11-12,15H2,(H,28,31). The highest BCUT2D eigenvalue weighted by Crippen LogP contribution is 2.36. The number of aromatic nitrogens is 3. The summed E-state index contributed by atoms with van der Waals surface area (Å²) in [7, 11) is 0. The number of benzene rings is 2. The Morgan fingerprint density at radius 3 is 2.64 bits per heavy atom. The number of halogens is 1. The molecule has 6 nitrogen and oxygen atoms in total. The van der Waals surface area contributed by atoms with Crippen molar-refractivity contribution in [3.05, 3.63) is 100 Å². The van der Waals surface area contributed by atoms with Crippen molar-refractivity contribution in [1.82, 2.24) is 19.9 Å². The molecule has 0 saturated heterocycles. The number of carbonyl (C=O) groups excluding carboxylic acids is 1. The summed E-state index contributed by atoms with van der Waals surface area (Å²) < 4.78 is 15.1. The van der Waals surface area contributed by atoms with Gasteiger partial charge in [-0.3, -0.25) is 19.1 Å². The third kappa shape index (κ3) is 4.80. The van der Waals surface area contributed by atoms with Crippen LogP contribution in [-0.2, 0) is 11.3 Å². The Bertz CT molecular complexity index is 1350. The number of pyridine rings is 1. The molecule has 2 heterocycles. The van der Waals surface area contributed by atoms with Crippen LogP contribution < -0.4 is 10.9 Å². The van der Waals surface area contributed by atoms with Gasteiger partial charge in [-0.25, -0.2) is 9.37 Å². The fourth-order valence-corrected chi connectivity index (χ4v) is 4.68. The normalized spacial score (nSPS) is 14.2. The van der Waals surface area contributed by atoms with Crippen molar-refractivity contribution >= 4 is 28.6 Å². The van der Waals surface area contributed by atoms with E-state index in [1.807, 2.05) is 18.2 Å². The molecular formula is C25H21FN4O2S. The van der Waals surface area contributed by atoms with Crippen LogP contribution in [0.1, 0.15) is 29.2 Å². The summed E-state index contributed by atoms with van der Waals surface area (Å²) in [6, 6.07) is 16.9. The summed E-state index contributed by atoms with van der Waals surface area (Å²) in [5.41, 5.74) is 1.87. The first-order valence-electron chi connectivity index (χ1n) is 10.7. The molecule has 1 atom stereocenters. The fraction of sp³-hybridized carbons (Fsp3) is 0.200. The van der Waals surface area contributed by atoms with Gasteiger partial charge >= 0.3 is 0 Å². The maximum absolute atomic E-state index is 13.6. The van der Waals surface area contributed by atoms with E-state index in [0.29, 0.717) is 21.6 Å². The number of para-hydroxylation sites is 1. The van der Waals surface area contributed by atoms with Crippen molar-refractivity contribution in [2.24, 2.45) is 0 Å². The number of nitrogens with one attached hydrogen (secondary N) is 1. The second kappa shape index (κ2) is 9.15. The van der Waals surface area contributed by atoms with Crippen LogP contribution in [0.15, 0.2) is 83.0 Å². The lowest BCUT2D eigenvalue weighted by Gasteiger charge is -2.19. The number of amides is 1. The van der Waals surface area contributed by atoms with E-state index in [1.165, 1.54) is 23.9 Å². The molecule has 0 bridgehead atoms. The smallest absolute Gasteiger partial charge is 0.262 e. The molecular weight excluding hydrogens is 439 g/mol. The molecule has 8 heteroatoms. The Hall–Kier alpha value is -3.52. The van der Waals surface area contributed by atoms with Gasteiger partial charge in [-0.1, -0.05) is 42.1 Å². The van der Waals surface area contributed by atoms with Crippen LogP contribution in [0.3, 0.4) is 0 Å². The monoisotopic (exact) mass is 460 g/mol. The molecule has 1 fully saturated rings. The largest absolute Gasteiger partial charge is 0.352 e. The lowest BCUT2D eigenvalue weighted by Crippen LogP contribution is -2.31. The summed E-state index contributed by atoms with van der Waals surface area (Å²) in [5.74, 6) is -0.549. The molecule has 1 N–H and O–H groups in total. The van der Waals surface area contributed by atoms with E-state index in [-0.39, 0.29) is 29.9 Å². The highest BCUT2D eigenvalue weighted by Gasteiger charge is 2.30. The molecule has 1 saturated carbocycles. The SMILES string of the molecule is O=C(NC1CC1)C(Sc1nc2ccccc2c(=O)n1Cc1cccnc1)c1ccc(F)cc1. The van der Waals surface area contributed by atoms with E-state index >= 15 is 0 Å². The zero-order valence-corrected chi connectivity index (χ0v) is 18.5. The second-order valence-electron chi connectivity index (χ2n) is 8.00. The third-order valence-corrected chi connectivity index (χ3v) is 6.69. The van der Waals surface area contributed by atoms with Crippen LogP contribution in [0.2, 0.25) is 0 Å². The summed E-state index contributed by atoms with van der Waals surface area (Å²) in [6.07, 6.45) is 5.28. The Morgan fingerprint density at radius 1 is 1.12 bits per heavy atom. The molecule has 166 valence electrons. The predicted molar refractivity (Wildman–Crippen MR) is 126 cm³/mol. The van der Waals surface area contributed by atoms with Crippen molar-refractivity contribution in [1.29, 1.82) is 0 Å². The molecule has 0 spiro atoms. The van der Waals surface area contributed by atoms with Gasteiger partial charge in [0.1, 0.15) is 11.1 Å². The van der Waals surface area contributed by atoms with Gasteiger partial charge in [-0.05, 0) is 54.3 Å². The first-order valence-corrected chi connectivity index (χ1v) is 11.6. The molecule has 0 aliphatic heterocycles. The van der Waals surface area contributed by atoms with E-state index in [9.17, 15) is 14.0 Å². The van der Waals surface area contributed by atoms with E-state index in [1.54, 1.807) is 47.3 Å². The van der Waals surface area contributed by atoms with Crippen LogP contribution in [0, 0.1) is 5.82 Å². The highest BCUT2D eigenvalue weighted by atomic mass is 32.2. The van der Waals surface area contributed by atoms with E-state index in [0.717, 1.165) is 18.4 Å². The number of fused-ring (bicyclic) bond motifs is 1. The van der Waals surface area contributed by atoms with Crippen LogP contribution in [-0.4, -0.2) is 26.5 Å². The minimum atomic E-state index is -0.681. The summed E-state index contributed by atoms with van der Waals surface area (Å²) in [5, 5.41) is 3.27. The molecule has 33 heavy (non-hydrogen) atoms. The van der Waals surface area contributed by atoms with Gasteiger partial charge in [-0.2, -0.15) is 0 Å². The Kier molecular flexibility index (Phi) is 5.92. The number of nitrogens with zero attached hydrogens (tertiary/aromatic N) is 3. The molecule has 0 radical (unpaired) electrons. The van der Waals surface area contributed by atoms with Gasteiger partial charge < -0.3 is 5.32 Å². The average molecular weight is 461 g/mol. The molecule has 1 amide bonds. The van der Waals surface area contributed by atoms with E-state index in [2.05, 4.69) is 10.3 Å². The number of thioether (sulfide) groups is 1. The van der Waals surface area contributed by atoms with Gasteiger partial charge in [0.25, 0.3) is 5.56 Å². The molecule has 5 rings (SSSR count). The molecule has 4 aromatic rings. The molecule has 1 unspecified atom stereocenters. The van der Waals surface area contributed by atoms with Crippen molar-refractivity contribution in [3.8, 4) is 0 Å². The lowest BCUT2D eigenvalue weighted by molar-refractivity contribution is -0.120. The predicted octanol–water partition coefficient (Wildman–Crippen LogP) is 4.09. The first-order chi connectivity index (χ1) is 16.1. The Labute approximate surface area is 193 Å². The minimum Gasteiger partial charge on any atom is -0.352 e. The van der Waals surface area contributed by atoms with Gasteiger partial charge in [-0.15, -0.1) is 0 Å². The van der Waals surface area contributed by atoms with Crippen molar-refractivity contribution in [3.63, 3.8) is 0 Å². The summed E-state index contributed by atoms with van der Waals surface area (Å²) in [4.78, 5) is 35.5. The lowest BCUT2D eigenvalue weighted by atomic mass is 10.1. The van der Waals surface area contributed by atoms with Gasteiger partial charge in [0.15, 0.2) is 5.16 Å². The minimum absolute atomic E-state index is 0.170. The van der Waals surface area contributed by atoms with Crippen molar-refractivity contribution in [2.45, 2.75) is 35.8 Å². The summed E-state index contributed by atoms with van der Waals surface area (Å²) in [6.45, 7) is 0.271. The van der Waals surface area contributed by atoms with Crippen LogP contribution >= 0.6 is 11.8 Å². The molecule has 1 aliphatic carbocycles. The summed E-state index contributed by atoms with van der Waals surface area (Å²) >= 11 is 1.20. The zero-order chi connectivity index (χ0) is 22.8. The van der Waals surface area contributed by atoms with Crippen LogP contribution in [0.4, 0.5) is 4.39 Å². The second-order valence-corrected chi connectivity index (χ2v) is 9.07. The quantitative estimate of drug-likeness (QED) is 0.332. The Balaban J connectivity index is 1.59. The van der Waals surface area contributed by atoms with Crippen LogP contribution in [0.25, 0.3) is 10.9 Å². The number of carbonyl (C=O) groups is 1. The number of hydrogen-bond donors (Lipinski definition) is 1. The maximum Gasteiger partial charge on any atom is 0.262 e. The molecule has 1 aliphatic rings. The Morgan fingerprint density at radius 2 is 1.91 bits per heavy atom.